The second kappa shape index (κ2) is 5.67. The molecule has 0 heterocycles. The molecule has 0 radical (unpaired) electrons. The quantitative estimate of drug-likeness (QED) is 0.698. The molecule has 16 heavy (non-hydrogen) atoms. The van der Waals surface area contributed by atoms with Crippen molar-refractivity contribution < 1.29 is 4.79 Å². The minimum Gasteiger partial charge on any atom is -0.352 e. The van der Waals surface area contributed by atoms with Gasteiger partial charge in [0.1, 0.15) is 0 Å². The van der Waals surface area contributed by atoms with Gasteiger partial charge in [0.15, 0.2) is 0 Å². The highest BCUT2D eigenvalue weighted by molar-refractivity contribution is 5.81. The first-order chi connectivity index (χ1) is 7.47. The van der Waals surface area contributed by atoms with Gasteiger partial charge in [-0.2, -0.15) is 0 Å². The van der Waals surface area contributed by atoms with Crippen LogP contribution in [0.5, 0.6) is 0 Å². The number of hydrogen-bond acceptors (Lipinski definition) is 2. The van der Waals surface area contributed by atoms with Crippen molar-refractivity contribution in [3.8, 4) is 0 Å². The van der Waals surface area contributed by atoms with E-state index in [1.165, 1.54) is 12.8 Å². The van der Waals surface area contributed by atoms with Crippen molar-refractivity contribution in [3.05, 3.63) is 0 Å². The van der Waals surface area contributed by atoms with Crippen LogP contribution in [0, 0.1) is 5.41 Å². The molecular formula is C13H26N2O. The summed E-state index contributed by atoms with van der Waals surface area (Å²) in [6.07, 6.45) is 4.75. The predicted molar refractivity (Wildman–Crippen MR) is 67.3 cm³/mol. The Balaban J connectivity index is 2.19. The lowest BCUT2D eigenvalue weighted by Gasteiger charge is -2.19. The fourth-order valence-corrected chi connectivity index (χ4v) is 1.76. The van der Waals surface area contributed by atoms with Gasteiger partial charge in [-0.15, -0.1) is 0 Å². The zero-order valence-electron chi connectivity index (χ0n) is 11.1. The van der Waals surface area contributed by atoms with E-state index in [1.54, 1.807) is 0 Å². The molecule has 1 aliphatic carbocycles. The Kier molecular flexibility index (Phi) is 4.78. The zero-order valence-corrected chi connectivity index (χ0v) is 11.1. The molecule has 0 aromatic rings. The number of hydrogen-bond donors (Lipinski definition) is 2. The Labute approximate surface area is 99.4 Å². The van der Waals surface area contributed by atoms with Crippen molar-refractivity contribution in [1.29, 1.82) is 0 Å². The molecule has 1 saturated carbocycles. The smallest absolute Gasteiger partial charge is 0.237 e. The van der Waals surface area contributed by atoms with Crippen molar-refractivity contribution in [2.45, 2.75) is 65.5 Å². The van der Waals surface area contributed by atoms with Crippen molar-refractivity contribution >= 4 is 5.91 Å². The molecule has 1 rings (SSSR count). The maximum atomic E-state index is 11.8. The molecule has 2 unspecified atom stereocenters. The first kappa shape index (κ1) is 13.5. The second-order valence-corrected chi connectivity index (χ2v) is 5.61. The van der Waals surface area contributed by atoms with Gasteiger partial charge in [0.2, 0.25) is 5.91 Å². The molecule has 1 amide bonds. The summed E-state index contributed by atoms with van der Waals surface area (Å²) in [4.78, 5) is 11.8. The molecule has 0 bridgehead atoms. The Morgan fingerprint density at radius 1 is 1.38 bits per heavy atom. The van der Waals surface area contributed by atoms with E-state index in [0.29, 0.717) is 11.5 Å². The van der Waals surface area contributed by atoms with E-state index in [0.717, 1.165) is 19.4 Å². The second-order valence-electron chi connectivity index (χ2n) is 5.61. The van der Waals surface area contributed by atoms with E-state index >= 15 is 0 Å². The summed E-state index contributed by atoms with van der Waals surface area (Å²) in [5, 5.41) is 6.36. The van der Waals surface area contributed by atoms with Gasteiger partial charge in [-0.05, 0) is 38.5 Å². The molecule has 0 spiro atoms. The average molecular weight is 226 g/mol. The Morgan fingerprint density at radius 3 is 2.50 bits per heavy atom. The molecule has 0 aromatic carbocycles. The first-order valence-corrected chi connectivity index (χ1v) is 6.50. The monoisotopic (exact) mass is 226 g/mol. The largest absolute Gasteiger partial charge is 0.352 e. The topological polar surface area (TPSA) is 41.1 Å². The van der Waals surface area contributed by atoms with E-state index in [2.05, 4.69) is 31.4 Å². The highest BCUT2D eigenvalue weighted by Gasteiger charge is 2.37. The summed E-state index contributed by atoms with van der Waals surface area (Å²) in [5.74, 6) is 0.130. The lowest BCUT2D eigenvalue weighted by Crippen LogP contribution is -2.46. The summed E-state index contributed by atoms with van der Waals surface area (Å²) in [6.45, 7) is 9.38. The lowest BCUT2D eigenvalue weighted by atomic mass is 10.1. The molecule has 94 valence electrons. The van der Waals surface area contributed by atoms with Crippen LogP contribution in [0.25, 0.3) is 0 Å². The normalized spacial score (nSPS) is 21.2. The van der Waals surface area contributed by atoms with Crippen LogP contribution < -0.4 is 10.6 Å². The number of carbonyl (C=O) groups excluding carboxylic acids is 1. The van der Waals surface area contributed by atoms with Crippen molar-refractivity contribution in [2.24, 2.45) is 5.41 Å². The number of amides is 1. The van der Waals surface area contributed by atoms with Crippen LogP contribution in [0.15, 0.2) is 0 Å². The minimum atomic E-state index is -0.0725. The average Bonchev–Trinajstić information content (AvgIpc) is 2.94. The van der Waals surface area contributed by atoms with Crippen LogP contribution in [-0.2, 0) is 4.79 Å². The van der Waals surface area contributed by atoms with E-state index in [-0.39, 0.29) is 11.9 Å². The van der Waals surface area contributed by atoms with Gasteiger partial charge in [-0.1, -0.05) is 20.3 Å². The third-order valence-electron chi connectivity index (χ3n) is 3.44. The molecule has 0 saturated heterocycles. The molecule has 1 aliphatic rings. The number of carbonyl (C=O) groups is 1. The van der Waals surface area contributed by atoms with Gasteiger partial charge in [0, 0.05) is 12.6 Å². The van der Waals surface area contributed by atoms with Gasteiger partial charge in [-0.25, -0.2) is 0 Å². The SMILES string of the molecule is CCCC(C)NC(=O)C(C)NCC1(C)CC1. The van der Waals surface area contributed by atoms with Gasteiger partial charge < -0.3 is 10.6 Å². The van der Waals surface area contributed by atoms with E-state index in [9.17, 15) is 4.79 Å². The van der Waals surface area contributed by atoms with Gasteiger partial charge in [0.25, 0.3) is 0 Å². The van der Waals surface area contributed by atoms with Crippen LogP contribution >= 0.6 is 0 Å². The Bertz CT molecular complexity index is 236. The molecule has 0 aromatic heterocycles. The predicted octanol–water partition coefficient (Wildman–Crippen LogP) is 2.07. The van der Waals surface area contributed by atoms with Crippen LogP contribution in [0.4, 0.5) is 0 Å². The van der Waals surface area contributed by atoms with Gasteiger partial charge >= 0.3 is 0 Å². The van der Waals surface area contributed by atoms with Crippen LogP contribution in [-0.4, -0.2) is 24.5 Å². The minimum absolute atomic E-state index is 0.0725. The third kappa shape index (κ3) is 4.52. The summed E-state index contributed by atoms with van der Waals surface area (Å²) in [6, 6.07) is 0.218. The molecule has 1 fully saturated rings. The van der Waals surface area contributed by atoms with Crippen molar-refractivity contribution in [3.63, 3.8) is 0 Å². The van der Waals surface area contributed by atoms with Crippen molar-refractivity contribution in [2.75, 3.05) is 6.54 Å². The maximum absolute atomic E-state index is 11.8. The Hall–Kier alpha value is -0.570. The molecule has 0 aliphatic heterocycles. The van der Waals surface area contributed by atoms with Crippen LogP contribution in [0.1, 0.15) is 53.4 Å². The summed E-state index contributed by atoms with van der Waals surface area (Å²) >= 11 is 0. The standard InChI is InChI=1S/C13H26N2O/c1-5-6-10(2)15-12(16)11(3)14-9-13(4)7-8-13/h10-11,14H,5-9H2,1-4H3,(H,15,16). The fourth-order valence-electron chi connectivity index (χ4n) is 1.76. The van der Waals surface area contributed by atoms with Gasteiger partial charge in [0.05, 0.1) is 6.04 Å². The zero-order chi connectivity index (χ0) is 12.2. The first-order valence-electron chi connectivity index (χ1n) is 6.50. The highest BCUT2D eigenvalue weighted by Crippen LogP contribution is 2.44. The summed E-state index contributed by atoms with van der Waals surface area (Å²) in [7, 11) is 0. The maximum Gasteiger partial charge on any atom is 0.237 e. The van der Waals surface area contributed by atoms with E-state index in [1.807, 2.05) is 6.92 Å². The Morgan fingerprint density at radius 2 is 2.00 bits per heavy atom. The fraction of sp³-hybridized carbons (Fsp3) is 0.923. The lowest BCUT2D eigenvalue weighted by molar-refractivity contribution is -0.123. The molecule has 3 nitrogen and oxygen atoms in total. The van der Waals surface area contributed by atoms with E-state index in [4.69, 9.17) is 0 Å². The van der Waals surface area contributed by atoms with Crippen molar-refractivity contribution in [1.82, 2.24) is 10.6 Å². The summed E-state index contributed by atoms with van der Waals surface area (Å²) in [5.41, 5.74) is 0.462. The molecule has 2 N–H and O–H groups in total. The number of nitrogens with one attached hydrogen (secondary N) is 2. The molecule has 2 atom stereocenters. The number of rotatable bonds is 7. The summed E-state index contributed by atoms with van der Waals surface area (Å²) < 4.78 is 0. The molecule has 3 heteroatoms. The highest BCUT2D eigenvalue weighted by atomic mass is 16.2. The van der Waals surface area contributed by atoms with E-state index < -0.39 is 0 Å². The van der Waals surface area contributed by atoms with Crippen LogP contribution in [0.3, 0.4) is 0 Å². The van der Waals surface area contributed by atoms with Crippen LogP contribution in [0.2, 0.25) is 0 Å². The molecular weight excluding hydrogens is 200 g/mol. The third-order valence-corrected chi connectivity index (χ3v) is 3.44. The van der Waals surface area contributed by atoms with Gasteiger partial charge in [-0.3, -0.25) is 4.79 Å².